The minimum absolute atomic E-state index is 0.0603. The van der Waals surface area contributed by atoms with Crippen LogP contribution < -0.4 is 5.32 Å². The van der Waals surface area contributed by atoms with Gasteiger partial charge >= 0.3 is 0 Å². The number of hydrogen-bond acceptors (Lipinski definition) is 4. The monoisotopic (exact) mass is 319 g/mol. The standard InChI is InChI=1S/C15H18ClN5O/c1-17-14-7-11(4-5-18-14)13-3-2-6-21(13)15(22)10-20-9-12(16)8-19-20/h4-5,7-9,13H,2-3,6,10H2,1H3,(H,17,18). The molecule has 1 fully saturated rings. The van der Waals surface area contributed by atoms with Crippen molar-refractivity contribution in [2.24, 2.45) is 0 Å². The Kier molecular flexibility index (Phi) is 4.29. The first-order valence-corrected chi connectivity index (χ1v) is 7.66. The van der Waals surface area contributed by atoms with Crippen LogP contribution in [0.1, 0.15) is 24.4 Å². The number of anilines is 1. The normalized spacial score (nSPS) is 17.7. The van der Waals surface area contributed by atoms with Gasteiger partial charge in [0, 0.05) is 26.0 Å². The Balaban J connectivity index is 1.75. The van der Waals surface area contributed by atoms with Gasteiger partial charge in [0.25, 0.3) is 0 Å². The van der Waals surface area contributed by atoms with Gasteiger partial charge in [0.15, 0.2) is 0 Å². The van der Waals surface area contributed by atoms with Gasteiger partial charge in [-0.3, -0.25) is 9.48 Å². The Morgan fingerprint density at radius 1 is 1.55 bits per heavy atom. The number of rotatable bonds is 4. The molecule has 0 aliphatic carbocycles. The molecule has 1 aliphatic heterocycles. The summed E-state index contributed by atoms with van der Waals surface area (Å²) in [5, 5.41) is 7.64. The van der Waals surface area contributed by atoms with Crippen LogP contribution in [0.2, 0.25) is 5.02 Å². The number of carbonyl (C=O) groups excluding carboxylic acids is 1. The second kappa shape index (κ2) is 6.36. The number of aromatic nitrogens is 3. The van der Waals surface area contributed by atoms with Crippen LogP contribution >= 0.6 is 11.6 Å². The molecule has 0 saturated carbocycles. The lowest BCUT2D eigenvalue weighted by Crippen LogP contribution is -2.33. The first kappa shape index (κ1) is 14.8. The van der Waals surface area contributed by atoms with E-state index in [1.807, 2.05) is 24.1 Å². The highest BCUT2D eigenvalue weighted by atomic mass is 35.5. The summed E-state index contributed by atoms with van der Waals surface area (Å²) in [7, 11) is 1.84. The molecule has 0 radical (unpaired) electrons. The Morgan fingerprint density at radius 2 is 2.41 bits per heavy atom. The summed E-state index contributed by atoms with van der Waals surface area (Å²) < 4.78 is 1.58. The Labute approximate surface area is 134 Å². The fourth-order valence-corrected chi connectivity index (χ4v) is 3.01. The summed E-state index contributed by atoms with van der Waals surface area (Å²) in [5.41, 5.74) is 1.11. The molecule has 7 heteroatoms. The third-order valence-electron chi connectivity index (χ3n) is 3.90. The van der Waals surface area contributed by atoms with Gasteiger partial charge in [-0.25, -0.2) is 4.98 Å². The molecule has 0 aromatic carbocycles. The molecule has 0 spiro atoms. The predicted molar refractivity (Wildman–Crippen MR) is 84.7 cm³/mol. The van der Waals surface area contributed by atoms with Gasteiger partial charge in [0.05, 0.1) is 17.3 Å². The lowest BCUT2D eigenvalue weighted by Gasteiger charge is -2.25. The maximum Gasteiger partial charge on any atom is 0.244 e. The first-order chi connectivity index (χ1) is 10.7. The van der Waals surface area contributed by atoms with E-state index in [4.69, 9.17) is 11.6 Å². The van der Waals surface area contributed by atoms with Crippen molar-refractivity contribution in [1.29, 1.82) is 0 Å². The van der Waals surface area contributed by atoms with Crippen LogP contribution in [-0.4, -0.2) is 39.2 Å². The van der Waals surface area contributed by atoms with Gasteiger partial charge in [-0.2, -0.15) is 5.10 Å². The number of nitrogens with zero attached hydrogens (tertiary/aromatic N) is 4. The average molecular weight is 320 g/mol. The lowest BCUT2D eigenvalue weighted by molar-refractivity contribution is -0.133. The zero-order chi connectivity index (χ0) is 15.5. The molecule has 22 heavy (non-hydrogen) atoms. The molecular weight excluding hydrogens is 302 g/mol. The quantitative estimate of drug-likeness (QED) is 0.939. The molecule has 116 valence electrons. The number of hydrogen-bond donors (Lipinski definition) is 1. The fraction of sp³-hybridized carbons (Fsp3) is 0.400. The molecule has 1 aliphatic rings. The molecule has 2 aromatic rings. The van der Waals surface area contributed by atoms with Crippen molar-refractivity contribution in [3.05, 3.63) is 41.3 Å². The van der Waals surface area contributed by atoms with E-state index in [0.29, 0.717) is 5.02 Å². The smallest absolute Gasteiger partial charge is 0.244 e. The number of nitrogens with one attached hydrogen (secondary N) is 1. The summed E-state index contributed by atoms with van der Waals surface area (Å²) >= 11 is 5.84. The third-order valence-corrected chi connectivity index (χ3v) is 4.09. The molecule has 0 bridgehead atoms. The molecule has 6 nitrogen and oxygen atoms in total. The van der Waals surface area contributed by atoms with E-state index in [1.54, 1.807) is 23.3 Å². The highest BCUT2D eigenvalue weighted by Gasteiger charge is 2.30. The van der Waals surface area contributed by atoms with Crippen molar-refractivity contribution in [3.63, 3.8) is 0 Å². The Morgan fingerprint density at radius 3 is 3.14 bits per heavy atom. The van der Waals surface area contributed by atoms with Crippen LogP contribution in [0.3, 0.4) is 0 Å². The number of halogens is 1. The first-order valence-electron chi connectivity index (χ1n) is 7.28. The van der Waals surface area contributed by atoms with Gasteiger partial charge in [-0.05, 0) is 30.5 Å². The zero-order valence-electron chi connectivity index (χ0n) is 12.4. The Bertz CT molecular complexity index is 671. The topological polar surface area (TPSA) is 63.1 Å². The zero-order valence-corrected chi connectivity index (χ0v) is 13.1. The third kappa shape index (κ3) is 3.06. The Hall–Kier alpha value is -2.08. The predicted octanol–water partition coefficient (Wildman–Crippen LogP) is 2.34. The SMILES string of the molecule is CNc1cc(C2CCCN2C(=O)Cn2cc(Cl)cn2)ccn1. The summed E-state index contributed by atoms with van der Waals surface area (Å²) in [5.74, 6) is 0.876. The van der Waals surface area contributed by atoms with E-state index in [1.165, 1.54) is 0 Å². The van der Waals surface area contributed by atoms with Gasteiger partial charge in [-0.15, -0.1) is 0 Å². The number of likely N-dealkylation sites (tertiary alicyclic amines) is 1. The van der Waals surface area contributed by atoms with E-state index < -0.39 is 0 Å². The maximum absolute atomic E-state index is 12.6. The summed E-state index contributed by atoms with van der Waals surface area (Å²) in [6.45, 7) is 0.989. The van der Waals surface area contributed by atoms with Crippen LogP contribution in [0, 0.1) is 0 Å². The summed E-state index contributed by atoms with van der Waals surface area (Å²) in [4.78, 5) is 18.7. The summed E-state index contributed by atoms with van der Waals surface area (Å²) in [6, 6.07) is 4.08. The van der Waals surface area contributed by atoms with Gasteiger partial charge < -0.3 is 10.2 Å². The number of carbonyl (C=O) groups is 1. The molecule has 1 amide bonds. The van der Waals surface area contributed by atoms with Gasteiger partial charge in [0.1, 0.15) is 12.4 Å². The van der Waals surface area contributed by atoms with Crippen molar-refractivity contribution < 1.29 is 4.79 Å². The van der Waals surface area contributed by atoms with E-state index >= 15 is 0 Å². The van der Waals surface area contributed by atoms with Crippen LogP contribution in [0.25, 0.3) is 0 Å². The van der Waals surface area contributed by atoms with E-state index in [-0.39, 0.29) is 18.5 Å². The summed E-state index contributed by atoms with van der Waals surface area (Å²) in [6.07, 6.45) is 6.95. The second-order valence-corrected chi connectivity index (χ2v) is 5.76. The van der Waals surface area contributed by atoms with E-state index in [2.05, 4.69) is 15.4 Å². The maximum atomic E-state index is 12.6. The second-order valence-electron chi connectivity index (χ2n) is 5.33. The van der Waals surface area contributed by atoms with Crippen molar-refractivity contribution in [1.82, 2.24) is 19.7 Å². The van der Waals surface area contributed by atoms with Crippen LogP contribution in [0.4, 0.5) is 5.82 Å². The van der Waals surface area contributed by atoms with Crippen molar-refractivity contribution in [2.75, 3.05) is 18.9 Å². The number of pyridine rings is 1. The van der Waals surface area contributed by atoms with Gasteiger partial charge in [0.2, 0.25) is 5.91 Å². The highest BCUT2D eigenvalue weighted by molar-refractivity contribution is 6.30. The van der Waals surface area contributed by atoms with Crippen LogP contribution in [0.15, 0.2) is 30.7 Å². The molecular formula is C15H18ClN5O. The minimum Gasteiger partial charge on any atom is -0.373 e. The van der Waals surface area contributed by atoms with E-state index in [9.17, 15) is 4.79 Å². The van der Waals surface area contributed by atoms with Crippen LogP contribution in [-0.2, 0) is 11.3 Å². The molecule has 2 aromatic heterocycles. The fourth-order valence-electron chi connectivity index (χ4n) is 2.86. The largest absolute Gasteiger partial charge is 0.373 e. The van der Waals surface area contributed by atoms with E-state index in [0.717, 1.165) is 30.8 Å². The average Bonchev–Trinajstić information content (AvgIpc) is 3.16. The molecule has 3 rings (SSSR count). The lowest BCUT2D eigenvalue weighted by atomic mass is 10.1. The molecule has 1 atom stereocenters. The molecule has 1 N–H and O–H groups in total. The van der Waals surface area contributed by atoms with Crippen molar-refractivity contribution in [3.8, 4) is 0 Å². The van der Waals surface area contributed by atoms with Crippen LogP contribution in [0.5, 0.6) is 0 Å². The van der Waals surface area contributed by atoms with Crippen molar-refractivity contribution >= 4 is 23.3 Å². The minimum atomic E-state index is 0.0603. The number of amides is 1. The highest BCUT2D eigenvalue weighted by Crippen LogP contribution is 2.32. The van der Waals surface area contributed by atoms with Crippen molar-refractivity contribution in [2.45, 2.75) is 25.4 Å². The molecule has 3 heterocycles. The molecule has 1 unspecified atom stereocenters. The molecule has 1 saturated heterocycles. The van der Waals surface area contributed by atoms with Gasteiger partial charge in [-0.1, -0.05) is 11.6 Å².